The molecular formula is C31H34FN7O3. The van der Waals surface area contributed by atoms with Gasteiger partial charge in [-0.1, -0.05) is 29.5 Å². The number of rotatable bonds is 7. The zero-order valence-corrected chi connectivity index (χ0v) is 23.8. The number of H-pyrrole nitrogens is 1. The maximum Gasteiger partial charge on any atom is 0.270 e. The molecule has 0 spiro atoms. The van der Waals surface area contributed by atoms with E-state index in [9.17, 15) is 9.59 Å². The first-order chi connectivity index (χ1) is 20.4. The summed E-state index contributed by atoms with van der Waals surface area (Å²) in [6.07, 6.45) is 6.18. The number of hydrogen-bond donors (Lipinski definition) is 2. The van der Waals surface area contributed by atoms with Crippen molar-refractivity contribution in [3.05, 3.63) is 71.9 Å². The first-order valence-electron chi connectivity index (χ1n) is 14.3. The van der Waals surface area contributed by atoms with Gasteiger partial charge in [-0.25, -0.2) is 4.39 Å². The molecule has 4 aromatic rings. The molecule has 2 aliphatic heterocycles. The molecule has 11 heteroatoms. The Kier molecular flexibility index (Phi) is 7.75. The van der Waals surface area contributed by atoms with Gasteiger partial charge in [-0.15, -0.1) is 5.10 Å². The SMILES string of the molecule is COc1ccccc1-c1cc(C2=CCCN(C(=O)CCn3ccnn3)C2)c(F)c2[nH]c(C(=O)N3CCN[C@H](C)C3)cc12. The molecule has 6 rings (SSSR count). The smallest absolute Gasteiger partial charge is 0.270 e. The maximum atomic E-state index is 16.4. The zero-order chi connectivity index (χ0) is 29.2. The van der Waals surface area contributed by atoms with Crippen molar-refractivity contribution in [3.8, 4) is 16.9 Å². The van der Waals surface area contributed by atoms with E-state index >= 15 is 4.39 Å². The Morgan fingerprint density at radius 2 is 1.98 bits per heavy atom. The fraction of sp³-hybridized carbons (Fsp3) is 0.355. The number of piperazine rings is 1. The van der Waals surface area contributed by atoms with Crippen LogP contribution in [-0.2, 0) is 11.3 Å². The van der Waals surface area contributed by atoms with E-state index in [0.717, 1.165) is 16.7 Å². The number of amides is 2. The fourth-order valence-corrected chi connectivity index (χ4v) is 5.86. The summed E-state index contributed by atoms with van der Waals surface area (Å²) in [5, 5.41) is 11.7. The van der Waals surface area contributed by atoms with E-state index in [2.05, 4.69) is 20.6 Å². The number of hydrogen-bond acceptors (Lipinski definition) is 6. The van der Waals surface area contributed by atoms with E-state index in [0.29, 0.717) is 61.5 Å². The van der Waals surface area contributed by atoms with Gasteiger partial charge in [0.2, 0.25) is 5.91 Å². The molecule has 42 heavy (non-hydrogen) atoms. The zero-order valence-electron chi connectivity index (χ0n) is 23.8. The van der Waals surface area contributed by atoms with E-state index in [1.165, 1.54) is 0 Å². The molecule has 0 radical (unpaired) electrons. The maximum absolute atomic E-state index is 16.4. The van der Waals surface area contributed by atoms with Crippen LogP contribution in [0.15, 0.2) is 54.9 Å². The molecule has 2 amide bonds. The number of para-hydroxylation sites is 1. The average Bonchev–Trinajstić information content (AvgIpc) is 3.71. The molecule has 2 N–H and O–H groups in total. The number of methoxy groups -OCH3 is 1. The Hall–Kier alpha value is -4.51. The van der Waals surface area contributed by atoms with E-state index in [-0.39, 0.29) is 36.3 Å². The molecule has 10 nitrogen and oxygen atoms in total. The first kappa shape index (κ1) is 27.6. The number of benzene rings is 2. The van der Waals surface area contributed by atoms with Crippen molar-refractivity contribution in [1.29, 1.82) is 0 Å². The number of ether oxygens (including phenoxy) is 1. The molecule has 1 atom stereocenters. The predicted octanol–water partition coefficient (Wildman–Crippen LogP) is 3.71. The Morgan fingerprint density at radius 3 is 2.76 bits per heavy atom. The molecule has 2 aromatic carbocycles. The van der Waals surface area contributed by atoms with Crippen molar-refractivity contribution in [3.63, 3.8) is 0 Å². The van der Waals surface area contributed by atoms with Crippen molar-refractivity contribution >= 4 is 28.3 Å². The highest BCUT2D eigenvalue weighted by Gasteiger charge is 2.27. The molecular weight excluding hydrogens is 537 g/mol. The highest BCUT2D eigenvalue weighted by molar-refractivity contribution is 6.05. The number of fused-ring (bicyclic) bond motifs is 1. The molecule has 218 valence electrons. The van der Waals surface area contributed by atoms with Gasteiger partial charge in [0.05, 0.1) is 25.4 Å². The molecule has 0 saturated carbocycles. The van der Waals surface area contributed by atoms with Crippen LogP contribution in [0.2, 0.25) is 0 Å². The fourth-order valence-electron chi connectivity index (χ4n) is 5.86. The molecule has 1 fully saturated rings. The lowest BCUT2D eigenvalue weighted by molar-refractivity contribution is -0.131. The standard InChI is InChI=1S/C31H34FN7O3/c1-20-18-38(14-10-33-20)31(41)26-17-25-24(22-7-3-4-8-27(22)42-2)16-23(29(32)30(25)35-26)21-6-5-12-37(19-21)28(40)9-13-39-15-11-34-36-39/h3-4,6-8,11,15-17,20,33,35H,5,9-10,12-14,18-19H2,1-2H3/t20-/m1/s1. The van der Waals surface area contributed by atoms with Gasteiger partial charge in [0.15, 0.2) is 5.82 Å². The second kappa shape index (κ2) is 11.8. The van der Waals surface area contributed by atoms with Crippen molar-refractivity contribution in [2.45, 2.75) is 32.4 Å². The van der Waals surface area contributed by atoms with Crippen LogP contribution in [0.4, 0.5) is 4.39 Å². The number of aromatic nitrogens is 4. The Balaban J connectivity index is 1.38. The number of nitrogens with zero attached hydrogens (tertiary/aromatic N) is 5. The molecule has 2 aromatic heterocycles. The van der Waals surface area contributed by atoms with Crippen LogP contribution in [0, 0.1) is 5.82 Å². The first-order valence-corrected chi connectivity index (χ1v) is 14.3. The van der Waals surface area contributed by atoms with Crippen LogP contribution < -0.4 is 10.1 Å². The summed E-state index contributed by atoms with van der Waals surface area (Å²) in [7, 11) is 1.60. The van der Waals surface area contributed by atoms with Crippen LogP contribution in [0.1, 0.15) is 35.8 Å². The summed E-state index contributed by atoms with van der Waals surface area (Å²) >= 11 is 0. The molecule has 0 aliphatic carbocycles. The van der Waals surface area contributed by atoms with Crippen LogP contribution >= 0.6 is 0 Å². The lowest BCUT2D eigenvalue weighted by Crippen LogP contribution is -2.51. The third-order valence-corrected chi connectivity index (χ3v) is 8.01. The van der Waals surface area contributed by atoms with Gasteiger partial charge in [0, 0.05) is 67.9 Å². The number of carbonyl (C=O) groups is 2. The normalized spacial score (nSPS) is 17.4. The summed E-state index contributed by atoms with van der Waals surface area (Å²) in [6.45, 7) is 5.19. The minimum atomic E-state index is -0.445. The largest absolute Gasteiger partial charge is 0.496 e. The summed E-state index contributed by atoms with van der Waals surface area (Å²) in [5.74, 6) is 0.0106. The highest BCUT2D eigenvalue weighted by Crippen LogP contribution is 2.40. The van der Waals surface area contributed by atoms with Gasteiger partial charge in [-0.3, -0.25) is 14.3 Å². The number of carbonyl (C=O) groups excluding carboxylic acids is 2. The Morgan fingerprint density at radius 1 is 1.12 bits per heavy atom. The average molecular weight is 572 g/mol. The second-order valence-corrected chi connectivity index (χ2v) is 10.8. The molecule has 0 unspecified atom stereocenters. The minimum Gasteiger partial charge on any atom is -0.496 e. The van der Waals surface area contributed by atoms with Crippen LogP contribution in [0.25, 0.3) is 27.6 Å². The summed E-state index contributed by atoms with van der Waals surface area (Å²) < 4.78 is 23.7. The van der Waals surface area contributed by atoms with Gasteiger partial charge >= 0.3 is 0 Å². The molecule has 1 saturated heterocycles. The molecule has 0 bridgehead atoms. The molecule has 4 heterocycles. The lowest BCUT2D eigenvalue weighted by atomic mass is 9.93. The quantitative estimate of drug-likeness (QED) is 0.350. The second-order valence-electron chi connectivity index (χ2n) is 10.8. The van der Waals surface area contributed by atoms with E-state index in [1.54, 1.807) is 40.1 Å². The van der Waals surface area contributed by atoms with Crippen LogP contribution in [0.3, 0.4) is 0 Å². The topological polar surface area (TPSA) is 108 Å². The summed E-state index contributed by atoms with van der Waals surface area (Å²) in [4.78, 5) is 33.2. The Labute approximate surface area is 243 Å². The lowest BCUT2D eigenvalue weighted by Gasteiger charge is -2.31. The summed E-state index contributed by atoms with van der Waals surface area (Å²) in [5.41, 5.74) is 3.26. The minimum absolute atomic E-state index is 0.0273. The number of aromatic amines is 1. The Bertz CT molecular complexity index is 1650. The number of aryl methyl sites for hydroxylation is 1. The van der Waals surface area contributed by atoms with Crippen molar-refractivity contribution in [2.75, 3.05) is 39.8 Å². The van der Waals surface area contributed by atoms with Gasteiger partial charge < -0.3 is 24.8 Å². The van der Waals surface area contributed by atoms with Crippen molar-refractivity contribution in [2.24, 2.45) is 0 Å². The summed E-state index contributed by atoms with van der Waals surface area (Å²) in [6, 6.07) is 11.3. The van der Waals surface area contributed by atoms with Gasteiger partial charge in [-0.05, 0) is 42.7 Å². The van der Waals surface area contributed by atoms with Crippen LogP contribution in [-0.4, -0.2) is 87.5 Å². The molecule has 2 aliphatic rings. The number of halogens is 1. The van der Waals surface area contributed by atoms with E-state index < -0.39 is 5.82 Å². The van der Waals surface area contributed by atoms with Crippen molar-refractivity contribution in [1.82, 2.24) is 35.1 Å². The monoisotopic (exact) mass is 571 g/mol. The number of nitrogens with one attached hydrogen (secondary N) is 2. The van der Waals surface area contributed by atoms with E-state index in [1.807, 2.05) is 43.3 Å². The van der Waals surface area contributed by atoms with Gasteiger partial charge in [-0.2, -0.15) is 0 Å². The highest BCUT2D eigenvalue weighted by atomic mass is 19.1. The predicted molar refractivity (Wildman–Crippen MR) is 157 cm³/mol. The van der Waals surface area contributed by atoms with Crippen molar-refractivity contribution < 1.29 is 18.7 Å². The van der Waals surface area contributed by atoms with Gasteiger partial charge in [0.1, 0.15) is 11.4 Å². The van der Waals surface area contributed by atoms with Gasteiger partial charge in [0.25, 0.3) is 5.91 Å². The van der Waals surface area contributed by atoms with E-state index in [4.69, 9.17) is 4.74 Å². The van der Waals surface area contributed by atoms with Crippen LogP contribution in [0.5, 0.6) is 5.75 Å². The third kappa shape index (κ3) is 5.39. The third-order valence-electron chi connectivity index (χ3n) is 8.01.